The number of thioether (sulfide) groups is 1. The summed E-state index contributed by atoms with van der Waals surface area (Å²) in [6.45, 7) is 7.11. The second-order valence-corrected chi connectivity index (χ2v) is 5.22. The average Bonchev–Trinajstić information content (AvgIpc) is 2.37. The highest BCUT2D eigenvalue weighted by atomic mass is 32.2. The molecular weight excluding hydrogens is 230 g/mol. The van der Waals surface area contributed by atoms with Crippen LogP contribution in [0.3, 0.4) is 0 Å². The van der Waals surface area contributed by atoms with Gasteiger partial charge in [-0.2, -0.15) is 11.8 Å². The summed E-state index contributed by atoms with van der Waals surface area (Å²) in [5, 5.41) is 3.27. The van der Waals surface area contributed by atoms with E-state index in [1.165, 1.54) is 11.1 Å². The number of benzene rings is 1. The summed E-state index contributed by atoms with van der Waals surface area (Å²) in [6, 6.07) is 6.88. The molecule has 0 aliphatic carbocycles. The minimum atomic E-state index is 0.385. The Kier molecular flexibility index (Phi) is 6.45. The average molecular weight is 253 g/mol. The van der Waals surface area contributed by atoms with Gasteiger partial charge in [-0.1, -0.05) is 13.0 Å². The topological polar surface area (TPSA) is 21.3 Å². The molecule has 96 valence electrons. The predicted molar refractivity (Wildman–Crippen MR) is 76.9 cm³/mol. The molecule has 1 atom stereocenters. The fourth-order valence-corrected chi connectivity index (χ4v) is 2.31. The van der Waals surface area contributed by atoms with Crippen molar-refractivity contribution >= 4 is 11.8 Å². The monoisotopic (exact) mass is 253 g/mol. The van der Waals surface area contributed by atoms with Gasteiger partial charge >= 0.3 is 0 Å². The zero-order valence-electron chi connectivity index (χ0n) is 11.2. The van der Waals surface area contributed by atoms with Crippen LogP contribution in [0.2, 0.25) is 0 Å². The summed E-state index contributed by atoms with van der Waals surface area (Å²) in [4.78, 5) is 0. The van der Waals surface area contributed by atoms with E-state index in [1.807, 2.05) is 25.7 Å². The number of ether oxygens (including phenoxy) is 1. The minimum Gasteiger partial charge on any atom is -0.494 e. The third-order valence-electron chi connectivity index (χ3n) is 2.78. The molecule has 0 amide bonds. The lowest BCUT2D eigenvalue weighted by Crippen LogP contribution is -2.12. The Labute approximate surface area is 109 Å². The van der Waals surface area contributed by atoms with Crippen molar-refractivity contribution in [2.75, 3.05) is 19.4 Å². The summed E-state index contributed by atoms with van der Waals surface area (Å²) in [7, 11) is 1.99. The van der Waals surface area contributed by atoms with E-state index in [0.29, 0.717) is 6.04 Å². The van der Waals surface area contributed by atoms with Crippen molar-refractivity contribution in [3.05, 3.63) is 29.3 Å². The van der Waals surface area contributed by atoms with E-state index in [-0.39, 0.29) is 0 Å². The molecule has 0 aliphatic heterocycles. The first-order valence-corrected chi connectivity index (χ1v) is 7.39. The summed E-state index contributed by atoms with van der Waals surface area (Å²) in [5.74, 6) is 3.19. The Balaban J connectivity index is 2.92. The van der Waals surface area contributed by atoms with Crippen LogP contribution in [0.25, 0.3) is 0 Å². The molecule has 1 aromatic rings. The molecule has 1 rings (SSSR count). The molecule has 1 N–H and O–H groups in total. The van der Waals surface area contributed by atoms with Crippen LogP contribution < -0.4 is 10.1 Å². The number of hydrogen-bond acceptors (Lipinski definition) is 3. The van der Waals surface area contributed by atoms with Crippen molar-refractivity contribution in [1.29, 1.82) is 0 Å². The minimum absolute atomic E-state index is 0.385. The molecule has 0 aliphatic rings. The summed E-state index contributed by atoms with van der Waals surface area (Å²) < 4.78 is 5.67. The van der Waals surface area contributed by atoms with Crippen molar-refractivity contribution in [1.82, 2.24) is 5.32 Å². The van der Waals surface area contributed by atoms with E-state index in [2.05, 4.69) is 37.4 Å². The fraction of sp³-hybridized carbons (Fsp3) is 0.571. The maximum atomic E-state index is 5.67. The van der Waals surface area contributed by atoms with Gasteiger partial charge in [0.1, 0.15) is 5.75 Å². The van der Waals surface area contributed by atoms with Gasteiger partial charge in [-0.05, 0) is 44.3 Å². The standard InChI is InChI=1S/C14H23NOS/c1-5-16-14-8-7-12(11(3)15-4)9-13(14)10-17-6-2/h7-9,11,15H,5-6,10H2,1-4H3. The van der Waals surface area contributed by atoms with Crippen molar-refractivity contribution in [2.24, 2.45) is 0 Å². The summed E-state index contributed by atoms with van der Waals surface area (Å²) in [5.41, 5.74) is 2.63. The van der Waals surface area contributed by atoms with Gasteiger partial charge in [-0.15, -0.1) is 0 Å². The van der Waals surface area contributed by atoms with Crippen molar-refractivity contribution in [2.45, 2.75) is 32.6 Å². The Morgan fingerprint density at radius 3 is 2.71 bits per heavy atom. The molecule has 17 heavy (non-hydrogen) atoms. The summed E-state index contributed by atoms with van der Waals surface area (Å²) >= 11 is 1.93. The van der Waals surface area contributed by atoms with Crippen LogP contribution in [0.15, 0.2) is 18.2 Å². The van der Waals surface area contributed by atoms with Gasteiger partial charge in [0, 0.05) is 17.4 Å². The van der Waals surface area contributed by atoms with Crippen molar-refractivity contribution in [3.8, 4) is 5.75 Å². The molecule has 1 unspecified atom stereocenters. The largest absolute Gasteiger partial charge is 0.494 e. The molecule has 0 radical (unpaired) electrons. The quantitative estimate of drug-likeness (QED) is 0.802. The molecular formula is C14H23NOS. The SMILES string of the molecule is CCOc1ccc(C(C)NC)cc1CSCC. The third kappa shape index (κ3) is 4.25. The van der Waals surface area contributed by atoms with E-state index in [1.54, 1.807) is 0 Å². The molecule has 0 aromatic heterocycles. The molecule has 2 nitrogen and oxygen atoms in total. The smallest absolute Gasteiger partial charge is 0.123 e. The maximum Gasteiger partial charge on any atom is 0.123 e. The molecule has 0 fully saturated rings. The number of nitrogens with one attached hydrogen (secondary N) is 1. The Morgan fingerprint density at radius 2 is 2.12 bits per heavy atom. The molecule has 0 heterocycles. The van der Waals surface area contributed by atoms with Gasteiger partial charge in [0.15, 0.2) is 0 Å². The number of hydrogen-bond donors (Lipinski definition) is 1. The van der Waals surface area contributed by atoms with Gasteiger partial charge in [-0.3, -0.25) is 0 Å². The lowest BCUT2D eigenvalue weighted by Gasteiger charge is -2.15. The summed E-state index contributed by atoms with van der Waals surface area (Å²) in [6.07, 6.45) is 0. The third-order valence-corrected chi connectivity index (χ3v) is 3.70. The van der Waals surface area contributed by atoms with E-state index >= 15 is 0 Å². The van der Waals surface area contributed by atoms with E-state index < -0.39 is 0 Å². The van der Waals surface area contributed by atoms with Crippen LogP contribution in [-0.4, -0.2) is 19.4 Å². The first kappa shape index (κ1) is 14.4. The number of rotatable bonds is 7. The normalized spacial score (nSPS) is 12.5. The molecule has 0 saturated heterocycles. The van der Waals surface area contributed by atoms with Crippen LogP contribution in [0.4, 0.5) is 0 Å². The zero-order chi connectivity index (χ0) is 12.7. The van der Waals surface area contributed by atoms with Crippen LogP contribution in [0.1, 0.15) is 37.9 Å². The molecule has 1 aromatic carbocycles. The van der Waals surface area contributed by atoms with E-state index in [4.69, 9.17) is 4.74 Å². The first-order chi connectivity index (χ1) is 8.22. The van der Waals surface area contributed by atoms with Crippen molar-refractivity contribution in [3.63, 3.8) is 0 Å². The van der Waals surface area contributed by atoms with Gasteiger partial charge in [0.25, 0.3) is 0 Å². The lowest BCUT2D eigenvalue weighted by molar-refractivity contribution is 0.337. The highest BCUT2D eigenvalue weighted by Gasteiger charge is 2.08. The lowest BCUT2D eigenvalue weighted by atomic mass is 10.1. The molecule has 0 saturated carbocycles. The molecule has 0 spiro atoms. The highest BCUT2D eigenvalue weighted by molar-refractivity contribution is 7.98. The Hall–Kier alpha value is -0.670. The molecule has 0 bridgehead atoms. The van der Waals surface area contributed by atoms with Crippen LogP contribution in [0.5, 0.6) is 5.75 Å². The van der Waals surface area contributed by atoms with Crippen LogP contribution >= 0.6 is 11.8 Å². The van der Waals surface area contributed by atoms with Gasteiger partial charge < -0.3 is 10.1 Å². The van der Waals surface area contributed by atoms with Crippen LogP contribution in [-0.2, 0) is 5.75 Å². The fourth-order valence-electron chi connectivity index (χ4n) is 1.66. The van der Waals surface area contributed by atoms with Gasteiger partial charge in [-0.25, -0.2) is 0 Å². The maximum absolute atomic E-state index is 5.67. The van der Waals surface area contributed by atoms with Gasteiger partial charge in [0.05, 0.1) is 6.61 Å². The van der Waals surface area contributed by atoms with Crippen molar-refractivity contribution < 1.29 is 4.74 Å². The predicted octanol–water partition coefficient (Wildman–Crippen LogP) is 3.62. The van der Waals surface area contributed by atoms with E-state index in [9.17, 15) is 0 Å². The Morgan fingerprint density at radius 1 is 1.35 bits per heavy atom. The first-order valence-electron chi connectivity index (χ1n) is 6.23. The Bertz CT molecular complexity index is 341. The second kappa shape index (κ2) is 7.62. The highest BCUT2D eigenvalue weighted by Crippen LogP contribution is 2.27. The van der Waals surface area contributed by atoms with Gasteiger partial charge in [0.2, 0.25) is 0 Å². The second-order valence-electron chi connectivity index (χ2n) is 3.95. The van der Waals surface area contributed by atoms with Crippen LogP contribution in [0, 0.1) is 0 Å². The molecule has 3 heteroatoms. The zero-order valence-corrected chi connectivity index (χ0v) is 12.1. The van der Waals surface area contributed by atoms with E-state index in [0.717, 1.165) is 23.9 Å².